The number of hydrogen-bond donors (Lipinski definition) is 2. The third kappa shape index (κ3) is 2.01. The molecule has 2 rings (SSSR count). The van der Waals surface area contributed by atoms with Gasteiger partial charge >= 0.3 is 0 Å². The number of rotatable bonds is 3. The highest BCUT2D eigenvalue weighted by molar-refractivity contribution is 5.64. The van der Waals surface area contributed by atoms with Gasteiger partial charge in [0, 0.05) is 33.2 Å². The minimum Gasteiger partial charge on any atom is -0.490 e. The number of anilines is 2. The molecule has 0 atom stereocenters. The number of piperazine rings is 1. The fourth-order valence-corrected chi connectivity index (χ4v) is 1.83. The molecule has 1 aliphatic heterocycles. The van der Waals surface area contributed by atoms with Gasteiger partial charge in [-0.1, -0.05) is 0 Å². The second-order valence-electron chi connectivity index (χ2n) is 3.57. The van der Waals surface area contributed by atoms with Gasteiger partial charge in [0.25, 0.3) is 0 Å². The molecular weight excluding hydrogens is 206 g/mol. The highest BCUT2D eigenvalue weighted by atomic mass is 16.5. The Balaban J connectivity index is 2.30. The van der Waals surface area contributed by atoms with Crippen LogP contribution in [0.5, 0.6) is 5.75 Å². The van der Waals surface area contributed by atoms with E-state index in [1.807, 2.05) is 7.05 Å². The first-order valence-corrected chi connectivity index (χ1v) is 5.39. The molecule has 16 heavy (non-hydrogen) atoms. The first-order chi connectivity index (χ1) is 7.86. The van der Waals surface area contributed by atoms with Gasteiger partial charge in [-0.25, -0.2) is 9.97 Å². The van der Waals surface area contributed by atoms with Gasteiger partial charge in [0.15, 0.2) is 11.6 Å². The van der Waals surface area contributed by atoms with Gasteiger partial charge in [0.1, 0.15) is 6.33 Å². The number of ether oxygens (including phenoxy) is 1. The van der Waals surface area contributed by atoms with E-state index in [-0.39, 0.29) is 0 Å². The average Bonchev–Trinajstić information content (AvgIpc) is 2.38. The van der Waals surface area contributed by atoms with Crippen molar-refractivity contribution < 1.29 is 4.74 Å². The van der Waals surface area contributed by atoms with Crippen LogP contribution >= 0.6 is 0 Å². The second-order valence-corrected chi connectivity index (χ2v) is 3.57. The Morgan fingerprint density at radius 3 is 2.75 bits per heavy atom. The van der Waals surface area contributed by atoms with Crippen molar-refractivity contribution in [3.63, 3.8) is 0 Å². The molecule has 0 saturated carbocycles. The summed E-state index contributed by atoms with van der Waals surface area (Å²) < 4.78 is 5.37. The summed E-state index contributed by atoms with van der Waals surface area (Å²) in [4.78, 5) is 10.6. The van der Waals surface area contributed by atoms with Gasteiger partial charge in [-0.15, -0.1) is 0 Å². The first kappa shape index (κ1) is 10.9. The standard InChI is InChI=1S/C10H17N5O/c1-11-9-8(16-2)10(14-7-13-9)15-5-3-12-4-6-15/h7,12H,3-6H2,1-2H3,(H,11,13,14). The van der Waals surface area contributed by atoms with Crippen molar-refractivity contribution in [2.45, 2.75) is 0 Å². The van der Waals surface area contributed by atoms with E-state index in [9.17, 15) is 0 Å². The summed E-state index contributed by atoms with van der Waals surface area (Å²) in [5, 5.41) is 6.32. The first-order valence-electron chi connectivity index (χ1n) is 5.39. The maximum Gasteiger partial charge on any atom is 0.204 e. The monoisotopic (exact) mass is 223 g/mol. The van der Waals surface area contributed by atoms with E-state index in [2.05, 4.69) is 25.5 Å². The second kappa shape index (κ2) is 4.98. The summed E-state index contributed by atoms with van der Waals surface area (Å²) in [5.41, 5.74) is 0. The third-order valence-corrected chi connectivity index (χ3v) is 2.64. The fourth-order valence-electron chi connectivity index (χ4n) is 1.83. The fraction of sp³-hybridized carbons (Fsp3) is 0.600. The Labute approximate surface area is 95.0 Å². The van der Waals surface area contributed by atoms with Crippen LogP contribution < -0.4 is 20.3 Å². The van der Waals surface area contributed by atoms with Crippen molar-refractivity contribution in [2.75, 3.05) is 50.6 Å². The van der Waals surface area contributed by atoms with E-state index in [4.69, 9.17) is 4.74 Å². The Bertz CT molecular complexity index is 351. The van der Waals surface area contributed by atoms with E-state index < -0.39 is 0 Å². The van der Waals surface area contributed by atoms with Crippen LogP contribution in [0.15, 0.2) is 6.33 Å². The van der Waals surface area contributed by atoms with Gasteiger partial charge in [-0.2, -0.15) is 0 Å². The summed E-state index contributed by atoms with van der Waals surface area (Å²) >= 11 is 0. The van der Waals surface area contributed by atoms with Crippen molar-refractivity contribution in [1.29, 1.82) is 0 Å². The predicted octanol–water partition coefficient (Wildman–Crippen LogP) is -0.0635. The smallest absolute Gasteiger partial charge is 0.204 e. The molecule has 88 valence electrons. The SMILES string of the molecule is CNc1ncnc(N2CCNCC2)c1OC. The van der Waals surface area contributed by atoms with Crippen molar-refractivity contribution in [3.05, 3.63) is 6.33 Å². The molecule has 0 aliphatic carbocycles. The molecule has 2 heterocycles. The number of nitrogens with one attached hydrogen (secondary N) is 2. The summed E-state index contributed by atoms with van der Waals surface area (Å²) in [6, 6.07) is 0. The minimum atomic E-state index is 0.715. The molecule has 6 nitrogen and oxygen atoms in total. The Kier molecular flexibility index (Phi) is 3.40. The van der Waals surface area contributed by atoms with Crippen LogP contribution in [0.2, 0.25) is 0 Å². The number of hydrogen-bond acceptors (Lipinski definition) is 6. The van der Waals surface area contributed by atoms with Gasteiger partial charge in [-0.3, -0.25) is 0 Å². The molecule has 0 amide bonds. The molecule has 0 unspecified atom stereocenters. The zero-order valence-corrected chi connectivity index (χ0v) is 9.66. The highest BCUT2D eigenvalue weighted by Gasteiger charge is 2.18. The Morgan fingerprint density at radius 1 is 1.38 bits per heavy atom. The molecular formula is C10H17N5O. The molecule has 0 aromatic carbocycles. The van der Waals surface area contributed by atoms with Crippen molar-refractivity contribution in [2.24, 2.45) is 0 Å². The molecule has 1 saturated heterocycles. The summed E-state index contributed by atoms with van der Waals surface area (Å²) in [5.74, 6) is 2.31. The third-order valence-electron chi connectivity index (χ3n) is 2.64. The van der Waals surface area contributed by atoms with Gasteiger partial charge in [-0.05, 0) is 0 Å². The quantitative estimate of drug-likeness (QED) is 0.748. The zero-order chi connectivity index (χ0) is 11.4. The van der Waals surface area contributed by atoms with Crippen LogP contribution in [0.25, 0.3) is 0 Å². The molecule has 1 aromatic rings. The predicted molar refractivity (Wildman–Crippen MR) is 63.2 cm³/mol. The molecule has 0 spiro atoms. The van der Waals surface area contributed by atoms with E-state index >= 15 is 0 Å². The lowest BCUT2D eigenvalue weighted by Crippen LogP contribution is -2.44. The van der Waals surface area contributed by atoms with E-state index in [0.29, 0.717) is 5.75 Å². The van der Waals surface area contributed by atoms with Crippen LogP contribution in [0.4, 0.5) is 11.6 Å². The normalized spacial score (nSPS) is 16.0. The van der Waals surface area contributed by atoms with Crippen molar-refractivity contribution in [3.8, 4) is 5.75 Å². The van der Waals surface area contributed by atoms with Crippen LogP contribution in [-0.4, -0.2) is 50.3 Å². The van der Waals surface area contributed by atoms with Gasteiger partial charge in [0.05, 0.1) is 7.11 Å². The van der Waals surface area contributed by atoms with Gasteiger partial charge in [0.2, 0.25) is 5.75 Å². The summed E-state index contributed by atoms with van der Waals surface area (Å²) in [7, 11) is 3.47. The lowest BCUT2D eigenvalue weighted by molar-refractivity contribution is 0.411. The van der Waals surface area contributed by atoms with E-state index in [1.54, 1.807) is 13.4 Å². The van der Waals surface area contributed by atoms with Crippen LogP contribution in [0.3, 0.4) is 0 Å². The van der Waals surface area contributed by atoms with Crippen LogP contribution in [0.1, 0.15) is 0 Å². The van der Waals surface area contributed by atoms with Crippen LogP contribution in [0, 0.1) is 0 Å². The van der Waals surface area contributed by atoms with Crippen molar-refractivity contribution in [1.82, 2.24) is 15.3 Å². The molecule has 0 bridgehead atoms. The summed E-state index contributed by atoms with van der Waals surface area (Å²) in [6.45, 7) is 3.83. The maximum absolute atomic E-state index is 5.37. The van der Waals surface area contributed by atoms with Gasteiger partial charge < -0.3 is 20.3 Å². The maximum atomic E-state index is 5.37. The lowest BCUT2D eigenvalue weighted by atomic mass is 10.3. The molecule has 1 fully saturated rings. The Morgan fingerprint density at radius 2 is 2.12 bits per heavy atom. The van der Waals surface area contributed by atoms with E-state index in [1.165, 1.54) is 0 Å². The molecule has 2 N–H and O–H groups in total. The van der Waals surface area contributed by atoms with E-state index in [0.717, 1.165) is 37.8 Å². The van der Waals surface area contributed by atoms with Crippen molar-refractivity contribution >= 4 is 11.6 Å². The average molecular weight is 223 g/mol. The number of aromatic nitrogens is 2. The molecule has 6 heteroatoms. The largest absolute Gasteiger partial charge is 0.490 e. The number of methoxy groups -OCH3 is 1. The molecule has 0 radical (unpaired) electrons. The minimum absolute atomic E-state index is 0.715. The summed E-state index contributed by atoms with van der Waals surface area (Å²) in [6.07, 6.45) is 1.56. The highest BCUT2D eigenvalue weighted by Crippen LogP contribution is 2.31. The Hall–Kier alpha value is -1.56. The van der Waals surface area contributed by atoms with Crippen LogP contribution in [-0.2, 0) is 0 Å². The lowest BCUT2D eigenvalue weighted by Gasteiger charge is -2.29. The molecule has 1 aromatic heterocycles. The topological polar surface area (TPSA) is 62.3 Å². The number of nitrogens with zero attached hydrogens (tertiary/aromatic N) is 3. The zero-order valence-electron chi connectivity index (χ0n) is 9.66. The molecule has 1 aliphatic rings.